The van der Waals surface area contributed by atoms with Gasteiger partial charge in [0.1, 0.15) is 5.76 Å². The highest BCUT2D eigenvalue weighted by molar-refractivity contribution is 7.99. The van der Waals surface area contributed by atoms with Crippen molar-refractivity contribution >= 4 is 40.7 Å². The molecule has 0 fully saturated rings. The van der Waals surface area contributed by atoms with Gasteiger partial charge in [0.25, 0.3) is 5.95 Å². The number of hydrogen-bond acceptors (Lipinski definition) is 9. The minimum absolute atomic E-state index is 0.157. The number of nitrogen functional groups attached to an aromatic ring is 1. The SMILES string of the molecule is C/C(=N\Nc1nnc(SCC(=O)NCc2ccco2)n1N)c1cccs1. The van der Waals surface area contributed by atoms with E-state index in [1.807, 2.05) is 24.4 Å². The fourth-order valence-corrected chi connectivity index (χ4v) is 3.27. The maximum atomic E-state index is 11.9. The van der Waals surface area contributed by atoms with Crippen molar-refractivity contribution in [3.8, 4) is 0 Å². The molecule has 0 saturated heterocycles. The van der Waals surface area contributed by atoms with Crippen LogP contribution in [0.1, 0.15) is 17.6 Å². The van der Waals surface area contributed by atoms with Crippen LogP contribution in [0.25, 0.3) is 0 Å². The van der Waals surface area contributed by atoms with E-state index in [9.17, 15) is 4.79 Å². The number of nitrogens with zero attached hydrogens (tertiary/aromatic N) is 4. The Balaban J connectivity index is 1.50. The highest BCUT2D eigenvalue weighted by Crippen LogP contribution is 2.17. The number of amides is 1. The predicted octanol–water partition coefficient (Wildman–Crippen LogP) is 1.89. The van der Waals surface area contributed by atoms with Gasteiger partial charge in [-0.3, -0.25) is 4.79 Å². The number of carbonyl (C=O) groups is 1. The number of hydrazone groups is 1. The Morgan fingerprint density at radius 1 is 1.42 bits per heavy atom. The molecule has 11 heteroatoms. The number of thioether (sulfide) groups is 1. The number of rotatable bonds is 8. The molecule has 0 spiro atoms. The third kappa shape index (κ3) is 4.64. The topological polar surface area (TPSA) is 123 Å². The Hall–Kier alpha value is -2.79. The van der Waals surface area contributed by atoms with Crippen molar-refractivity contribution in [2.45, 2.75) is 18.6 Å². The van der Waals surface area contributed by atoms with Crippen molar-refractivity contribution in [3.63, 3.8) is 0 Å². The van der Waals surface area contributed by atoms with Gasteiger partial charge in [0, 0.05) is 4.88 Å². The van der Waals surface area contributed by atoms with Gasteiger partial charge in [0.15, 0.2) is 0 Å². The third-order valence-corrected chi connectivity index (χ3v) is 5.16. The van der Waals surface area contributed by atoms with E-state index in [1.165, 1.54) is 16.4 Å². The fourth-order valence-electron chi connectivity index (χ4n) is 1.91. The summed E-state index contributed by atoms with van der Waals surface area (Å²) in [5.74, 6) is 6.93. The van der Waals surface area contributed by atoms with Crippen LogP contribution in [0.5, 0.6) is 0 Å². The van der Waals surface area contributed by atoms with Crippen molar-refractivity contribution in [2.24, 2.45) is 5.10 Å². The zero-order valence-electron chi connectivity index (χ0n) is 13.9. The summed E-state index contributed by atoms with van der Waals surface area (Å²) in [6, 6.07) is 7.49. The van der Waals surface area contributed by atoms with Crippen molar-refractivity contribution < 1.29 is 9.21 Å². The summed E-state index contributed by atoms with van der Waals surface area (Å²) < 4.78 is 6.41. The van der Waals surface area contributed by atoms with Gasteiger partial charge in [-0.25, -0.2) is 10.1 Å². The number of nitrogens with two attached hydrogens (primary N) is 1. The monoisotopic (exact) mass is 391 g/mol. The van der Waals surface area contributed by atoms with Crippen LogP contribution >= 0.6 is 23.1 Å². The van der Waals surface area contributed by atoms with Crippen LogP contribution in [-0.2, 0) is 11.3 Å². The highest BCUT2D eigenvalue weighted by Gasteiger charge is 2.12. The summed E-state index contributed by atoms with van der Waals surface area (Å²) in [6.45, 7) is 2.22. The first kappa shape index (κ1) is 18.0. The molecule has 3 aromatic heterocycles. The average molecular weight is 391 g/mol. The largest absolute Gasteiger partial charge is 0.467 e. The molecule has 0 unspecified atom stereocenters. The Morgan fingerprint density at radius 2 is 2.31 bits per heavy atom. The molecule has 0 radical (unpaired) electrons. The molecule has 3 heterocycles. The minimum atomic E-state index is -0.157. The van der Waals surface area contributed by atoms with Gasteiger partial charge in [-0.05, 0) is 30.5 Å². The maximum Gasteiger partial charge on any atom is 0.264 e. The number of nitrogens with one attached hydrogen (secondary N) is 2. The van der Waals surface area contributed by atoms with Gasteiger partial charge in [0.05, 0.1) is 24.3 Å². The third-order valence-electron chi connectivity index (χ3n) is 3.24. The standard InChI is InChI=1S/C15H17N7O2S2/c1-10(12-5-3-7-25-12)18-19-14-20-21-15(22(14)16)26-9-13(23)17-8-11-4-2-6-24-11/h2-7H,8-9,16H2,1H3,(H,17,23)(H,19,20)/b18-10+. The molecule has 3 aromatic rings. The number of furan rings is 1. The molecular formula is C15H17N7O2S2. The molecule has 0 saturated carbocycles. The molecular weight excluding hydrogens is 374 g/mol. The smallest absolute Gasteiger partial charge is 0.264 e. The molecule has 0 atom stereocenters. The fraction of sp³-hybridized carbons (Fsp3) is 0.200. The molecule has 4 N–H and O–H groups in total. The van der Waals surface area contributed by atoms with E-state index in [2.05, 4.69) is 26.0 Å². The van der Waals surface area contributed by atoms with Crippen molar-refractivity contribution in [3.05, 3.63) is 46.5 Å². The van der Waals surface area contributed by atoms with Crippen molar-refractivity contribution in [1.82, 2.24) is 20.2 Å². The Kier molecular flexibility index (Phi) is 5.92. The Bertz CT molecular complexity index is 872. The molecule has 136 valence electrons. The van der Waals surface area contributed by atoms with Gasteiger partial charge < -0.3 is 15.6 Å². The van der Waals surface area contributed by atoms with Crippen LogP contribution in [0.4, 0.5) is 5.95 Å². The molecule has 0 bridgehead atoms. The predicted molar refractivity (Wildman–Crippen MR) is 102 cm³/mol. The van der Waals surface area contributed by atoms with E-state index in [1.54, 1.807) is 29.7 Å². The van der Waals surface area contributed by atoms with Crippen LogP contribution in [0.2, 0.25) is 0 Å². The van der Waals surface area contributed by atoms with E-state index < -0.39 is 0 Å². The second kappa shape index (κ2) is 8.54. The van der Waals surface area contributed by atoms with Gasteiger partial charge in [0.2, 0.25) is 11.1 Å². The van der Waals surface area contributed by atoms with E-state index in [4.69, 9.17) is 10.3 Å². The van der Waals surface area contributed by atoms with Crippen LogP contribution in [-0.4, -0.2) is 32.2 Å². The number of anilines is 1. The highest BCUT2D eigenvalue weighted by atomic mass is 32.2. The lowest BCUT2D eigenvalue weighted by molar-refractivity contribution is -0.118. The van der Waals surface area contributed by atoms with Gasteiger partial charge in [-0.1, -0.05) is 17.8 Å². The first-order chi connectivity index (χ1) is 12.6. The van der Waals surface area contributed by atoms with E-state index in [-0.39, 0.29) is 11.7 Å². The molecule has 0 aromatic carbocycles. The number of carbonyl (C=O) groups excluding carboxylic acids is 1. The first-order valence-corrected chi connectivity index (χ1v) is 9.46. The summed E-state index contributed by atoms with van der Waals surface area (Å²) in [7, 11) is 0. The van der Waals surface area contributed by atoms with Gasteiger partial charge in [-0.15, -0.1) is 21.5 Å². The van der Waals surface area contributed by atoms with Crippen LogP contribution in [0.3, 0.4) is 0 Å². The first-order valence-electron chi connectivity index (χ1n) is 7.60. The summed E-state index contributed by atoms with van der Waals surface area (Å²) in [5.41, 5.74) is 3.60. The molecule has 0 aliphatic heterocycles. The number of hydrogen-bond donors (Lipinski definition) is 3. The summed E-state index contributed by atoms with van der Waals surface area (Å²) in [6.07, 6.45) is 1.56. The molecule has 1 amide bonds. The summed E-state index contributed by atoms with van der Waals surface area (Å²) in [4.78, 5) is 12.9. The van der Waals surface area contributed by atoms with E-state index >= 15 is 0 Å². The Labute approximate surface area is 157 Å². The van der Waals surface area contributed by atoms with E-state index in [0.717, 1.165) is 10.6 Å². The quantitative estimate of drug-likeness (QED) is 0.232. The van der Waals surface area contributed by atoms with Crippen LogP contribution in [0, 0.1) is 0 Å². The van der Waals surface area contributed by atoms with Crippen LogP contribution < -0.4 is 16.6 Å². The lowest BCUT2D eigenvalue weighted by atomic mass is 10.3. The second-order valence-corrected chi connectivity index (χ2v) is 7.00. The number of aromatic nitrogens is 3. The second-order valence-electron chi connectivity index (χ2n) is 5.11. The lowest BCUT2D eigenvalue weighted by Crippen LogP contribution is -2.24. The van der Waals surface area contributed by atoms with Crippen molar-refractivity contribution in [1.29, 1.82) is 0 Å². The Morgan fingerprint density at radius 3 is 3.04 bits per heavy atom. The summed E-state index contributed by atoms with van der Waals surface area (Å²) >= 11 is 2.77. The molecule has 0 aliphatic rings. The molecule has 0 aliphatic carbocycles. The lowest BCUT2D eigenvalue weighted by Gasteiger charge is -2.04. The van der Waals surface area contributed by atoms with Crippen LogP contribution in [0.15, 0.2) is 50.6 Å². The van der Waals surface area contributed by atoms with Crippen molar-refractivity contribution in [2.75, 3.05) is 17.0 Å². The molecule has 26 heavy (non-hydrogen) atoms. The van der Waals surface area contributed by atoms with Gasteiger partial charge >= 0.3 is 0 Å². The number of thiophene rings is 1. The average Bonchev–Trinajstić information content (AvgIpc) is 3.39. The molecule has 3 rings (SSSR count). The minimum Gasteiger partial charge on any atom is -0.467 e. The molecule has 9 nitrogen and oxygen atoms in total. The zero-order chi connectivity index (χ0) is 18.4. The summed E-state index contributed by atoms with van der Waals surface area (Å²) in [5, 5.41) is 17.3. The maximum absolute atomic E-state index is 11.9. The van der Waals surface area contributed by atoms with E-state index in [0.29, 0.717) is 23.4 Å². The zero-order valence-corrected chi connectivity index (χ0v) is 15.5. The van der Waals surface area contributed by atoms with Gasteiger partial charge in [-0.2, -0.15) is 5.10 Å². The normalized spacial score (nSPS) is 11.5.